The summed E-state index contributed by atoms with van der Waals surface area (Å²) < 4.78 is 14.2. The van der Waals surface area contributed by atoms with E-state index in [4.69, 9.17) is 8.85 Å². The minimum atomic E-state index is -1.86. The van der Waals surface area contributed by atoms with Crippen LogP contribution in [0.5, 0.6) is 5.75 Å². The average molecular weight is 472 g/mol. The van der Waals surface area contributed by atoms with Gasteiger partial charge in [-0.25, -0.2) is 0 Å². The van der Waals surface area contributed by atoms with Crippen molar-refractivity contribution in [3.8, 4) is 5.75 Å². The summed E-state index contributed by atoms with van der Waals surface area (Å²) in [5.74, 6) is 0.953. The molecule has 6 heteroatoms. The first-order chi connectivity index (χ1) is 11.8. The van der Waals surface area contributed by atoms with Crippen LogP contribution in [0.25, 0.3) is 0 Å². The lowest BCUT2D eigenvalue weighted by Crippen LogP contribution is -2.43. The lowest BCUT2D eigenvalue weighted by atomic mass is 10.1. The Morgan fingerprint density at radius 2 is 1.69 bits per heavy atom. The fraction of sp³-hybridized carbons (Fsp3) is 0.500. The Morgan fingerprint density at radius 3 is 2.19 bits per heavy atom. The van der Waals surface area contributed by atoms with Gasteiger partial charge in [0, 0.05) is 14.7 Å². The molecule has 2 rings (SSSR count). The second-order valence-electron chi connectivity index (χ2n) is 9.21. The van der Waals surface area contributed by atoms with Crippen molar-refractivity contribution >= 4 is 43.9 Å². The lowest BCUT2D eigenvalue weighted by molar-refractivity contribution is 0.243. The lowest BCUT2D eigenvalue weighted by Gasteiger charge is -2.36. The van der Waals surface area contributed by atoms with Crippen LogP contribution >= 0.6 is 27.3 Å². The molecule has 0 spiro atoms. The van der Waals surface area contributed by atoms with Gasteiger partial charge in [-0.1, -0.05) is 32.9 Å². The zero-order valence-electron chi connectivity index (χ0n) is 17.1. The Bertz CT molecular complexity index is 745. The van der Waals surface area contributed by atoms with Gasteiger partial charge in [0.1, 0.15) is 11.9 Å². The van der Waals surface area contributed by atoms with Crippen molar-refractivity contribution < 1.29 is 8.85 Å². The van der Waals surface area contributed by atoms with Crippen molar-refractivity contribution in [3.63, 3.8) is 0 Å². The second kappa shape index (κ2) is 7.91. The number of hydrogen-bond acceptors (Lipinski definition) is 3. The highest BCUT2D eigenvalue weighted by molar-refractivity contribution is 9.10. The topological polar surface area (TPSA) is 18.5 Å². The monoisotopic (exact) mass is 470 g/mol. The highest BCUT2D eigenvalue weighted by atomic mass is 79.9. The molecule has 1 aromatic heterocycles. The van der Waals surface area contributed by atoms with Gasteiger partial charge in [0.15, 0.2) is 8.32 Å². The number of rotatable bonds is 6. The van der Waals surface area contributed by atoms with E-state index in [-0.39, 0.29) is 11.1 Å². The van der Waals surface area contributed by atoms with E-state index in [1.807, 2.05) is 0 Å². The van der Waals surface area contributed by atoms with Gasteiger partial charge in [-0.05, 0) is 77.5 Å². The third kappa shape index (κ3) is 5.79. The molecule has 0 fully saturated rings. The van der Waals surface area contributed by atoms with E-state index in [0.717, 1.165) is 15.8 Å². The Hall–Kier alpha value is -0.406. The number of halogens is 1. The van der Waals surface area contributed by atoms with Gasteiger partial charge >= 0.3 is 0 Å². The fourth-order valence-corrected chi connectivity index (χ4v) is 5.87. The number of benzene rings is 1. The Labute approximate surface area is 173 Å². The Kier molecular flexibility index (Phi) is 6.66. The maximum atomic E-state index is 6.56. The molecule has 0 aliphatic heterocycles. The van der Waals surface area contributed by atoms with E-state index < -0.39 is 16.6 Å². The minimum Gasteiger partial charge on any atom is -0.543 e. The molecule has 1 heterocycles. The van der Waals surface area contributed by atoms with E-state index in [0.29, 0.717) is 0 Å². The van der Waals surface area contributed by atoms with Crippen LogP contribution in [0, 0.1) is 0 Å². The SMILES string of the molecule is CC(C)(C)[Si](C)(C)Oc1cccc(C(O[Si](C)(C)C)c2cc(Br)cs2)c1. The molecule has 0 aliphatic carbocycles. The van der Waals surface area contributed by atoms with E-state index >= 15 is 0 Å². The summed E-state index contributed by atoms with van der Waals surface area (Å²) in [6.07, 6.45) is -0.0408. The van der Waals surface area contributed by atoms with Crippen LogP contribution in [-0.2, 0) is 4.43 Å². The first kappa shape index (κ1) is 21.9. The zero-order valence-corrected chi connectivity index (χ0v) is 21.5. The molecular formula is C20H31BrO2SSi2. The quantitative estimate of drug-likeness (QED) is 0.400. The first-order valence-electron chi connectivity index (χ1n) is 8.99. The summed E-state index contributed by atoms with van der Waals surface area (Å²) in [4.78, 5) is 1.23. The van der Waals surface area contributed by atoms with E-state index in [1.165, 1.54) is 4.88 Å². The molecule has 0 bridgehead atoms. The Balaban J connectivity index is 2.38. The van der Waals surface area contributed by atoms with Crippen molar-refractivity contribution in [2.45, 2.75) is 64.6 Å². The van der Waals surface area contributed by atoms with E-state index in [1.54, 1.807) is 11.3 Å². The van der Waals surface area contributed by atoms with Crippen molar-refractivity contribution in [1.29, 1.82) is 0 Å². The van der Waals surface area contributed by atoms with Crippen LogP contribution in [0.4, 0.5) is 0 Å². The van der Waals surface area contributed by atoms with Gasteiger partial charge in [0.25, 0.3) is 0 Å². The van der Waals surface area contributed by atoms with Gasteiger partial charge in [0.2, 0.25) is 8.32 Å². The van der Waals surface area contributed by atoms with Gasteiger partial charge < -0.3 is 8.85 Å². The largest absolute Gasteiger partial charge is 0.543 e. The molecule has 2 aromatic rings. The summed E-state index contributed by atoms with van der Waals surface area (Å²) in [5.41, 5.74) is 1.16. The third-order valence-electron chi connectivity index (χ3n) is 4.66. The van der Waals surface area contributed by atoms with Gasteiger partial charge in [-0.3, -0.25) is 0 Å². The number of thiophene rings is 1. The first-order valence-corrected chi connectivity index (χ1v) is 17.0. The smallest absolute Gasteiger partial charge is 0.250 e. The summed E-state index contributed by atoms with van der Waals surface area (Å²) in [6.45, 7) is 18.1. The summed E-state index contributed by atoms with van der Waals surface area (Å²) in [5, 5.41) is 2.29. The summed E-state index contributed by atoms with van der Waals surface area (Å²) in [6, 6.07) is 10.6. The number of hydrogen-bond donors (Lipinski definition) is 0. The minimum absolute atomic E-state index is 0.0408. The molecule has 0 saturated heterocycles. The predicted molar refractivity (Wildman–Crippen MR) is 123 cm³/mol. The van der Waals surface area contributed by atoms with E-state index in [2.05, 4.69) is 105 Å². The van der Waals surface area contributed by atoms with Crippen molar-refractivity contribution in [2.75, 3.05) is 0 Å². The van der Waals surface area contributed by atoms with Crippen molar-refractivity contribution in [2.24, 2.45) is 0 Å². The average Bonchev–Trinajstić information content (AvgIpc) is 2.89. The van der Waals surface area contributed by atoms with Gasteiger partial charge in [-0.15, -0.1) is 11.3 Å². The van der Waals surface area contributed by atoms with Gasteiger partial charge in [-0.2, -0.15) is 0 Å². The molecule has 144 valence electrons. The zero-order chi connectivity index (χ0) is 19.8. The highest BCUT2D eigenvalue weighted by Gasteiger charge is 2.39. The van der Waals surface area contributed by atoms with Crippen LogP contribution < -0.4 is 4.43 Å². The molecule has 0 N–H and O–H groups in total. The maximum absolute atomic E-state index is 6.56. The molecule has 0 aliphatic rings. The molecule has 1 aromatic carbocycles. The standard InChI is InChI=1S/C20H31BrO2SSi2/c1-20(2,3)26(7,8)22-17-11-9-10-15(12-17)19(23-25(4,5)6)18-13-16(21)14-24-18/h9-14,19H,1-8H3. The fourth-order valence-electron chi connectivity index (χ4n) is 2.30. The van der Waals surface area contributed by atoms with Crippen LogP contribution in [0.3, 0.4) is 0 Å². The van der Waals surface area contributed by atoms with E-state index in [9.17, 15) is 0 Å². The van der Waals surface area contributed by atoms with Crippen LogP contribution in [0.15, 0.2) is 40.2 Å². The third-order valence-corrected chi connectivity index (χ3v) is 11.7. The maximum Gasteiger partial charge on any atom is 0.250 e. The predicted octanol–water partition coefficient (Wildman–Crippen LogP) is 7.84. The molecule has 0 saturated carbocycles. The van der Waals surface area contributed by atoms with Crippen LogP contribution in [0.2, 0.25) is 37.8 Å². The molecule has 0 amide bonds. The van der Waals surface area contributed by atoms with Crippen LogP contribution in [-0.4, -0.2) is 16.6 Å². The summed E-state index contributed by atoms with van der Waals surface area (Å²) >= 11 is 5.31. The molecule has 0 radical (unpaired) electrons. The summed E-state index contributed by atoms with van der Waals surface area (Å²) in [7, 11) is -3.57. The molecule has 2 nitrogen and oxygen atoms in total. The van der Waals surface area contributed by atoms with Crippen LogP contribution in [0.1, 0.15) is 37.3 Å². The molecule has 1 unspecified atom stereocenters. The molecular weight excluding hydrogens is 440 g/mol. The normalized spacial score (nSPS) is 14.3. The highest BCUT2D eigenvalue weighted by Crippen LogP contribution is 2.39. The second-order valence-corrected chi connectivity index (χ2v) is 20.3. The van der Waals surface area contributed by atoms with Crippen molar-refractivity contribution in [3.05, 3.63) is 50.6 Å². The molecule has 1 atom stereocenters. The van der Waals surface area contributed by atoms with Crippen molar-refractivity contribution in [1.82, 2.24) is 0 Å². The Morgan fingerprint density at radius 1 is 1.04 bits per heavy atom. The molecule has 26 heavy (non-hydrogen) atoms. The van der Waals surface area contributed by atoms with Gasteiger partial charge in [0.05, 0.1) is 0 Å².